The lowest BCUT2D eigenvalue weighted by Gasteiger charge is -1.98. The highest BCUT2D eigenvalue weighted by Gasteiger charge is 1.95. The van der Waals surface area contributed by atoms with Crippen LogP contribution in [0.25, 0.3) is 5.69 Å². The van der Waals surface area contributed by atoms with E-state index in [1.165, 1.54) is 6.33 Å². The van der Waals surface area contributed by atoms with Gasteiger partial charge in [0.2, 0.25) is 0 Å². The van der Waals surface area contributed by atoms with Gasteiger partial charge in [-0.1, -0.05) is 0 Å². The van der Waals surface area contributed by atoms with Gasteiger partial charge in [0.25, 0.3) is 0 Å². The van der Waals surface area contributed by atoms with Crippen molar-refractivity contribution >= 4 is 5.82 Å². The van der Waals surface area contributed by atoms with Gasteiger partial charge >= 0.3 is 0 Å². The molecule has 60 valence electrons. The van der Waals surface area contributed by atoms with Crippen LogP contribution < -0.4 is 5.73 Å². The third-order valence-electron chi connectivity index (χ3n) is 1.45. The van der Waals surface area contributed by atoms with Crippen LogP contribution in [0.3, 0.4) is 0 Å². The summed E-state index contributed by atoms with van der Waals surface area (Å²) < 4.78 is 1.62. The summed E-state index contributed by atoms with van der Waals surface area (Å²) in [5, 5.41) is 3.94. The molecule has 2 aromatic heterocycles. The number of pyridine rings is 1. The highest BCUT2D eigenvalue weighted by molar-refractivity contribution is 5.35. The summed E-state index contributed by atoms with van der Waals surface area (Å²) in [5.41, 5.74) is 6.27. The van der Waals surface area contributed by atoms with Crippen LogP contribution in [-0.2, 0) is 0 Å². The van der Waals surface area contributed by atoms with E-state index < -0.39 is 0 Å². The summed E-state index contributed by atoms with van der Waals surface area (Å²) in [4.78, 5) is 7.74. The summed E-state index contributed by atoms with van der Waals surface area (Å²) in [6.45, 7) is 0. The van der Waals surface area contributed by atoms with Crippen LogP contribution in [0.1, 0.15) is 0 Å². The average Bonchev–Trinajstić information content (AvgIpc) is 2.58. The van der Waals surface area contributed by atoms with Crippen molar-refractivity contribution < 1.29 is 0 Å². The van der Waals surface area contributed by atoms with E-state index in [4.69, 9.17) is 5.73 Å². The lowest BCUT2D eigenvalue weighted by atomic mass is 10.4. The Bertz CT molecular complexity index is 350. The molecule has 5 heteroatoms. The van der Waals surface area contributed by atoms with Gasteiger partial charge in [-0.15, -0.1) is 0 Å². The number of nitrogens with zero attached hydrogens (tertiary/aromatic N) is 4. The van der Waals surface area contributed by atoms with Crippen molar-refractivity contribution in [2.45, 2.75) is 0 Å². The molecule has 0 saturated heterocycles. The molecule has 0 aliphatic heterocycles. The van der Waals surface area contributed by atoms with Crippen LogP contribution in [-0.4, -0.2) is 19.7 Å². The maximum atomic E-state index is 5.42. The summed E-state index contributed by atoms with van der Waals surface area (Å²) in [6.07, 6.45) is 4.72. The molecule has 12 heavy (non-hydrogen) atoms. The molecule has 2 aromatic rings. The van der Waals surface area contributed by atoms with Crippen LogP contribution in [0.5, 0.6) is 0 Å². The number of rotatable bonds is 1. The molecular formula is C7H7N5. The minimum Gasteiger partial charge on any atom is -0.384 e. The Balaban J connectivity index is 2.43. The molecular weight excluding hydrogens is 154 g/mol. The quantitative estimate of drug-likeness (QED) is 0.650. The Kier molecular flexibility index (Phi) is 1.48. The molecule has 0 spiro atoms. The first-order valence-electron chi connectivity index (χ1n) is 3.43. The number of nitrogens with two attached hydrogens (primary N) is 1. The van der Waals surface area contributed by atoms with Crippen LogP contribution in [0.2, 0.25) is 0 Å². The van der Waals surface area contributed by atoms with Crippen molar-refractivity contribution in [3.05, 3.63) is 31.0 Å². The fraction of sp³-hybridized carbons (Fsp3) is 0. The van der Waals surface area contributed by atoms with Gasteiger partial charge in [0.1, 0.15) is 18.5 Å². The second-order valence-corrected chi connectivity index (χ2v) is 2.28. The highest BCUT2D eigenvalue weighted by Crippen LogP contribution is 2.04. The number of anilines is 1. The monoisotopic (exact) mass is 161 g/mol. The molecule has 2 heterocycles. The standard InChI is InChI=1S/C7H7N5/c8-7-2-1-6(3-10-7)12-5-9-4-11-12/h1-5H,(H2,8,10). The molecule has 0 aliphatic carbocycles. The lowest BCUT2D eigenvalue weighted by Crippen LogP contribution is -1.96. The highest BCUT2D eigenvalue weighted by atomic mass is 15.3. The number of hydrogen-bond donors (Lipinski definition) is 1. The molecule has 5 nitrogen and oxygen atoms in total. The fourth-order valence-corrected chi connectivity index (χ4v) is 0.875. The lowest BCUT2D eigenvalue weighted by molar-refractivity contribution is 0.873. The smallest absolute Gasteiger partial charge is 0.138 e. The molecule has 0 aliphatic rings. The second kappa shape index (κ2) is 2.61. The van der Waals surface area contributed by atoms with E-state index in [1.54, 1.807) is 23.3 Å². The summed E-state index contributed by atoms with van der Waals surface area (Å²) in [5.74, 6) is 0.499. The van der Waals surface area contributed by atoms with Gasteiger partial charge in [-0.2, -0.15) is 5.10 Å². The third kappa shape index (κ3) is 1.12. The molecule has 0 bridgehead atoms. The predicted octanol–water partition coefficient (Wildman–Crippen LogP) is 0.244. The maximum absolute atomic E-state index is 5.42. The van der Waals surface area contributed by atoms with Gasteiger partial charge in [-0.05, 0) is 12.1 Å². The normalized spacial score (nSPS) is 10.0. The van der Waals surface area contributed by atoms with Crippen molar-refractivity contribution in [1.82, 2.24) is 19.7 Å². The largest absolute Gasteiger partial charge is 0.384 e. The predicted molar refractivity (Wildman–Crippen MR) is 43.6 cm³/mol. The van der Waals surface area contributed by atoms with E-state index in [-0.39, 0.29) is 0 Å². The van der Waals surface area contributed by atoms with Crippen molar-refractivity contribution in [3.8, 4) is 5.69 Å². The van der Waals surface area contributed by atoms with E-state index in [1.807, 2.05) is 6.07 Å². The van der Waals surface area contributed by atoms with Crippen LogP contribution in [0.4, 0.5) is 5.82 Å². The van der Waals surface area contributed by atoms with Crippen LogP contribution >= 0.6 is 0 Å². The van der Waals surface area contributed by atoms with Crippen LogP contribution in [0, 0.1) is 0 Å². The molecule has 0 saturated carbocycles. The molecule has 0 amide bonds. The molecule has 0 fully saturated rings. The van der Waals surface area contributed by atoms with Gasteiger partial charge < -0.3 is 5.73 Å². The SMILES string of the molecule is Nc1ccc(-n2cncn2)cn1. The second-order valence-electron chi connectivity index (χ2n) is 2.28. The topological polar surface area (TPSA) is 69.6 Å². The first kappa shape index (κ1) is 6.78. The van der Waals surface area contributed by atoms with Gasteiger partial charge in [0.15, 0.2) is 0 Å². The van der Waals surface area contributed by atoms with E-state index in [0.717, 1.165) is 5.69 Å². The Morgan fingerprint density at radius 1 is 1.33 bits per heavy atom. The first-order chi connectivity index (χ1) is 5.86. The maximum Gasteiger partial charge on any atom is 0.138 e. The van der Waals surface area contributed by atoms with E-state index in [9.17, 15) is 0 Å². The first-order valence-corrected chi connectivity index (χ1v) is 3.43. The zero-order valence-electron chi connectivity index (χ0n) is 6.25. The summed E-state index contributed by atoms with van der Waals surface area (Å²) >= 11 is 0. The molecule has 0 radical (unpaired) electrons. The Hall–Kier alpha value is -1.91. The van der Waals surface area contributed by atoms with Crippen LogP contribution in [0.15, 0.2) is 31.0 Å². The van der Waals surface area contributed by atoms with Gasteiger partial charge in [-0.3, -0.25) is 0 Å². The van der Waals surface area contributed by atoms with Crippen molar-refractivity contribution in [2.75, 3.05) is 5.73 Å². The zero-order valence-corrected chi connectivity index (χ0v) is 6.25. The molecule has 0 unspecified atom stereocenters. The molecule has 2 N–H and O–H groups in total. The van der Waals surface area contributed by atoms with Gasteiger partial charge in [-0.25, -0.2) is 14.6 Å². The van der Waals surface area contributed by atoms with E-state index >= 15 is 0 Å². The summed E-state index contributed by atoms with van der Waals surface area (Å²) in [7, 11) is 0. The molecule has 2 rings (SSSR count). The number of hydrogen-bond acceptors (Lipinski definition) is 4. The van der Waals surface area contributed by atoms with Crippen molar-refractivity contribution in [2.24, 2.45) is 0 Å². The van der Waals surface area contributed by atoms with Crippen molar-refractivity contribution in [1.29, 1.82) is 0 Å². The zero-order chi connectivity index (χ0) is 8.39. The minimum absolute atomic E-state index is 0.499. The number of nitrogen functional groups attached to an aromatic ring is 1. The fourth-order valence-electron chi connectivity index (χ4n) is 0.875. The number of aromatic nitrogens is 4. The summed E-state index contributed by atoms with van der Waals surface area (Å²) in [6, 6.07) is 3.55. The third-order valence-corrected chi connectivity index (χ3v) is 1.45. The van der Waals surface area contributed by atoms with Gasteiger partial charge in [0.05, 0.1) is 11.9 Å². The average molecular weight is 161 g/mol. The Morgan fingerprint density at radius 3 is 2.83 bits per heavy atom. The minimum atomic E-state index is 0.499. The van der Waals surface area contributed by atoms with E-state index in [0.29, 0.717) is 5.82 Å². The Morgan fingerprint density at radius 2 is 2.25 bits per heavy atom. The Labute approximate surface area is 68.9 Å². The molecule has 0 atom stereocenters. The molecule has 0 aromatic carbocycles. The van der Waals surface area contributed by atoms with Crippen molar-refractivity contribution in [3.63, 3.8) is 0 Å². The van der Waals surface area contributed by atoms with Gasteiger partial charge in [0, 0.05) is 0 Å². The van der Waals surface area contributed by atoms with E-state index in [2.05, 4.69) is 15.1 Å².